The molecule has 2 aromatic rings. The second kappa shape index (κ2) is 9.02. The van der Waals surface area contributed by atoms with E-state index in [1.807, 2.05) is 0 Å². The van der Waals surface area contributed by atoms with Gasteiger partial charge in [0.2, 0.25) is 0 Å². The maximum Gasteiger partial charge on any atom is 0.277 e. The van der Waals surface area contributed by atoms with E-state index in [1.165, 1.54) is 30.5 Å². The number of hydrazone groups is 1. The highest BCUT2D eigenvalue weighted by molar-refractivity contribution is 5.86. The number of carbonyl (C=O) groups excluding carboxylic acids is 1. The van der Waals surface area contributed by atoms with Crippen LogP contribution in [-0.2, 0) is 4.79 Å². The zero-order valence-corrected chi connectivity index (χ0v) is 13.9. The van der Waals surface area contributed by atoms with Crippen LogP contribution in [0.4, 0.5) is 5.69 Å². The molecule has 0 spiro atoms. The Labute approximate surface area is 149 Å². The maximum absolute atomic E-state index is 11.7. The zero-order valence-electron chi connectivity index (χ0n) is 13.9. The number of aromatic hydroxyl groups is 1. The van der Waals surface area contributed by atoms with Gasteiger partial charge in [0, 0.05) is 17.7 Å². The molecule has 0 saturated heterocycles. The molecule has 9 heteroatoms. The number of para-hydroxylation sites is 1. The second-order valence-electron chi connectivity index (χ2n) is 4.96. The van der Waals surface area contributed by atoms with Gasteiger partial charge in [0.15, 0.2) is 18.1 Å². The second-order valence-corrected chi connectivity index (χ2v) is 4.96. The Kier molecular flexibility index (Phi) is 6.49. The van der Waals surface area contributed by atoms with Crippen molar-refractivity contribution in [1.82, 2.24) is 5.43 Å². The van der Waals surface area contributed by atoms with Crippen LogP contribution in [-0.4, -0.2) is 35.4 Å². The molecule has 2 rings (SSSR count). The number of phenolic OH excluding ortho intramolecular Hbond substituents is 1. The lowest BCUT2D eigenvalue weighted by Crippen LogP contribution is -2.24. The predicted octanol–water partition coefficient (Wildman–Crippen LogP) is 2.23. The molecule has 0 atom stereocenters. The molecule has 0 aliphatic carbocycles. The normalized spacial score (nSPS) is 10.5. The predicted molar refractivity (Wildman–Crippen MR) is 93.6 cm³/mol. The Bertz CT molecular complexity index is 805. The summed E-state index contributed by atoms with van der Waals surface area (Å²) in [4.78, 5) is 21.7. The maximum atomic E-state index is 11.7. The number of amides is 1. The van der Waals surface area contributed by atoms with E-state index in [9.17, 15) is 20.0 Å². The summed E-state index contributed by atoms with van der Waals surface area (Å²) in [5, 5.41) is 24.3. The van der Waals surface area contributed by atoms with Crippen LogP contribution in [0.2, 0.25) is 0 Å². The van der Waals surface area contributed by atoms with Crippen LogP contribution in [0.3, 0.4) is 0 Å². The summed E-state index contributed by atoms with van der Waals surface area (Å²) in [7, 11) is 0. The third-order valence-electron chi connectivity index (χ3n) is 3.14. The lowest BCUT2D eigenvalue weighted by atomic mass is 10.2. The zero-order chi connectivity index (χ0) is 18.9. The highest BCUT2D eigenvalue weighted by atomic mass is 16.6. The number of nitrogens with one attached hydrogen (secondary N) is 1. The fraction of sp³-hybridized carbons (Fsp3) is 0.176. The van der Waals surface area contributed by atoms with Crippen molar-refractivity contribution in [2.45, 2.75) is 6.92 Å². The molecule has 0 bridgehead atoms. The Balaban J connectivity index is 1.86. The largest absolute Gasteiger partial charge is 0.504 e. The molecule has 9 nitrogen and oxygen atoms in total. The molecule has 0 radical (unpaired) electrons. The summed E-state index contributed by atoms with van der Waals surface area (Å²) >= 11 is 0. The molecule has 0 heterocycles. The monoisotopic (exact) mass is 359 g/mol. The molecular weight excluding hydrogens is 342 g/mol. The lowest BCUT2D eigenvalue weighted by molar-refractivity contribution is -0.384. The van der Waals surface area contributed by atoms with Gasteiger partial charge in [-0.05, 0) is 31.2 Å². The highest BCUT2D eigenvalue weighted by Gasteiger charge is 2.07. The van der Waals surface area contributed by atoms with Crippen LogP contribution in [0.25, 0.3) is 0 Å². The molecule has 0 fully saturated rings. The van der Waals surface area contributed by atoms with Crippen molar-refractivity contribution in [1.29, 1.82) is 0 Å². The summed E-state index contributed by atoms with van der Waals surface area (Å²) in [6.07, 6.45) is 1.28. The van der Waals surface area contributed by atoms with Crippen LogP contribution in [0.15, 0.2) is 47.6 Å². The van der Waals surface area contributed by atoms with Gasteiger partial charge in [0.1, 0.15) is 5.75 Å². The van der Waals surface area contributed by atoms with Gasteiger partial charge >= 0.3 is 0 Å². The van der Waals surface area contributed by atoms with E-state index in [1.54, 1.807) is 25.1 Å². The SMILES string of the molecule is CCOc1cccc(C=NNC(=O)COc2ccc([N+](=O)[O-])cc2)c1O. The van der Waals surface area contributed by atoms with E-state index in [0.717, 1.165) is 0 Å². The summed E-state index contributed by atoms with van der Waals surface area (Å²) < 4.78 is 10.5. The lowest BCUT2D eigenvalue weighted by Gasteiger charge is -2.07. The Morgan fingerprint density at radius 2 is 2.00 bits per heavy atom. The molecule has 1 amide bonds. The third kappa shape index (κ3) is 5.20. The average molecular weight is 359 g/mol. The van der Waals surface area contributed by atoms with E-state index in [2.05, 4.69) is 10.5 Å². The van der Waals surface area contributed by atoms with Gasteiger partial charge in [-0.2, -0.15) is 5.10 Å². The van der Waals surface area contributed by atoms with Crippen molar-refractivity contribution in [2.24, 2.45) is 5.10 Å². The molecule has 0 aromatic heterocycles. The smallest absolute Gasteiger partial charge is 0.277 e. The van der Waals surface area contributed by atoms with E-state index in [0.29, 0.717) is 23.7 Å². The number of phenols is 1. The van der Waals surface area contributed by atoms with Gasteiger partial charge in [-0.15, -0.1) is 0 Å². The van der Waals surface area contributed by atoms with Crippen molar-refractivity contribution in [3.63, 3.8) is 0 Å². The van der Waals surface area contributed by atoms with E-state index < -0.39 is 10.8 Å². The Hall–Kier alpha value is -3.62. The first kappa shape index (κ1) is 18.7. The summed E-state index contributed by atoms with van der Waals surface area (Å²) in [5.74, 6) is 0.0376. The molecular formula is C17H17N3O6. The topological polar surface area (TPSA) is 123 Å². The van der Waals surface area contributed by atoms with Crippen LogP contribution in [0.5, 0.6) is 17.2 Å². The molecule has 2 N–H and O–H groups in total. The first-order valence-corrected chi connectivity index (χ1v) is 7.65. The fourth-order valence-electron chi connectivity index (χ4n) is 1.93. The van der Waals surface area contributed by atoms with Crippen molar-refractivity contribution in [3.05, 3.63) is 58.1 Å². The molecule has 0 aliphatic rings. The van der Waals surface area contributed by atoms with E-state index in [-0.39, 0.29) is 18.0 Å². The minimum atomic E-state index is -0.528. The van der Waals surface area contributed by atoms with Gasteiger partial charge < -0.3 is 14.6 Å². The molecule has 26 heavy (non-hydrogen) atoms. The Morgan fingerprint density at radius 1 is 1.27 bits per heavy atom. The van der Waals surface area contributed by atoms with Crippen LogP contribution < -0.4 is 14.9 Å². The number of ether oxygens (including phenoxy) is 2. The van der Waals surface area contributed by atoms with Crippen molar-refractivity contribution in [2.75, 3.05) is 13.2 Å². The van der Waals surface area contributed by atoms with Gasteiger partial charge in [-0.1, -0.05) is 6.07 Å². The third-order valence-corrected chi connectivity index (χ3v) is 3.14. The number of rotatable bonds is 8. The quantitative estimate of drug-likeness (QED) is 0.423. The minimum Gasteiger partial charge on any atom is -0.504 e. The van der Waals surface area contributed by atoms with E-state index in [4.69, 9.17) is 9.47 Å². The van der Waals surface area contributed by atoms with Gasteiger partial charge in [-0.25, -0.2) is 5.43 Å². The van der Waals surface area contributed by atoms with Crippen LogP contribution in [0.1, 0.15) is 12.5 Å². The number of carbonyl (C=O) groups is 1. The highest BCUT2D eigenvalue weighted by Crippen LogP contribution is 2.28. The number of nitro groups is 1. The Morgan fingerprint density at radius 3 is 2.65 bits per heavy atom. The average Bonchev–Trinajstić information content (AvgIpc) is 2.63. The molecule has 0 saturated carbocycles. The number of nitro benzene ring substituents is 1. The number of hydrogen-bond donors (Lipinski definition) is 2. The summed E-state index contributed by atoms with van der Waals surface area (Å²) in [6, 6.07) is 10.3. The fourth-order valence-corrected chi connectivity index (χ4v) is 1.93. The van der Waals surface area contributed by atoms with Gasteiger partial charge in [0.25, 0.3) is 11.6 Å². The number of non-ortho nitro benzene ring substituents is 1. The minimum absolute atomic E-state index is 0.0690. The van der Waals surface area contributed by atoms with Gasteiger partial charge in [0.05, 0.1) is 17.7 Å². The standard InChI is InChI=1S/C17H17N3O6/c1-2-25-15-5-3-4-12(17(15)22)10-18-19-16(21)11-26-14-8-6-13(7-9-14)20(23)24/h3-10,22H,2,11H2,1H3,(H,19,21). The van der Waals surface area contributed by atoms with Crippen molar-refractivity contribution in [3.8, 4) is 17.2 Å². The molecule has 0 unspecified atom stereocenters. The van der Waals surface area contributed by atoms with Gasteiger partial charge in [-0.3, -0.25) is 14.9 Å². The number of nitrogens with zero attached hydrogens (tertiary/aromatic N) is 2. The molecule has 0 aliphatic heterocycles. The number of hydrogen-bond acceptors (Lipinski definition) is 7. The first-order chi connectivity index (χ1) is 12.5. The first-order valence-electron chi connectivity index (χ1n) is 7.65. The molecule has 2 aromatic carbocycles. The van der Waals surface area contributed by atoms with Crippen molar-refractivity contribution < 1.29 is 24.3 Å². The molecule has 136 valence electrons. The summed E-state index contributed by atoms with van der Waals surface area (Å²) in [6.45, 7) is 1.89. The van der Waals surface area contributed by atoms with Crippen molar-refractivity contribution >= 4 is 17.8 Å². The van der Waals surface area contributed by atoms with Crippen LogP contribution >= 0.6 is 0 Å². The number of benzene rings is 2. The van der Waals surface area contributed by atoms with E-state index >= 15 is 0 Å². The summed E-state index contributed by atoms with van der Waals surface area (Å²) in [5.41, 5.74) is 2.57. The van der Waals surface area contributed by atoms with Crippen LogP contribution in [0, 0.1) is 10.1 Å².